The molecule has 0 aromatic heterocycles. The Hall–Kier alpha value is -0.120. The van der Waals surface area contributed by atoms with E-state index in [0.29, 0.717) is 17.5 Å². The molecule has 0 saturated carbocycles. The first-order valence-electron chi connectivity index (χ1n) is 5.27. The van der Waals surface area contributed by atoms with Gasteiger partial charge in [-0.25, -0.2) is 0 Å². The summed E-state index contributed by atoms with van der Waals surface area (Å²) in [4.78, 5) is 1.33. The van der Waals surface area contributed by atoms with Gasteiger partial charge in [-0.3, -0.25) is 0 Å². The molecule has 3 atom stereocenters. The van der Waals surface area contributed by atoms with E-state index < -0.39 is 0 Å². The molecule has 0 aliphatic carbocycles. The van der Waals surface area contributed by atoms with Crippen LogP contribution in [-0.2, 0) is 4.74 Å². The van der Waals surface area contributed by atoms with Crippen LogP contribution in [0.5, 0.6) is 0 Å². The topological polar surface area (TPSA) is 9.23 Å². The molecule has 15 heavy (non-hydrogen) atoms. The van der Waals surface area contributed by atoms with E-state index >= 15 is 0 Å². The van der Waals surface area contributed by atoms with Crippen molar-refractivity contribution in [3.05, 3.63) is 30.3 Å². The van der Waals surface area contributed by atoms with Gasteiger partial charge in [-0.05, 0) is 25.5 Å². The van der Waals surface area contributed by atoms with Crippen LogP contribution in [0, 0.1) is 0 Å². The van der Waals surface area contributed by atoms with Gasteiger partial charge in [-0.15, -0.1) is 11.8 Å². The highest BCUT2D eigenvalue weighted by Crippen LogP contribution is 2.35. The summed E-state index contributed by atoms with van der Waals surface area (Å²) >= 11 is 6.21. The second kappa shape index (κ2) is 5.28. The SMILES string of the molecule is CC1O[C@H](CS)CC1Sc1ccccc1. The first-order chi connectivity index (χ1) is 7.29. The molecule has 0 amide bonds. The Morgan fingerprint density at radius 1 is 1.40 bits per heavy atom. The molecule has 2 unspecified atom stereocenters. The zero-order valence-electron chi connectivity index (χ0n) is 8.80. The lowest BCUT2D eigenvalue weighted by Gasteiger charge is -2.12. The second-order valence-electron chi connectivity index (χ2n) is 3.85. The third-order valence-corrected chi connectivity index (χ3v) is 4.49. The van der Waals surface area contributed by atoms with E-state index in [9.17, 15) is 0 Å². The highest BCUT2D eigenvalue weighted by atomic mass is 32.2. The minimum Gasteiger partial charge on any atom is -0.373 e. The number of hydrogen-bond donors (Lipinski definition) is 1. The third-order valence-electron chi connectivity index (χ3n) is 2.66. The van der Waals surface area contributed by atoms with Crippen molar-refractivity contribution in [2.75, 3.05) is 5.75 Å². The minimum atomic E-state index is 0.338. The van der Waals surface area contributed by atoms with Crippen LogP contribution in [0.2, 0.25) is 0 Å². The fraction of sp³-hybridized carbons (Fsp3) is 0.500. The van der Waals surface area contributed by atoms with Gasteiger partial charge < -0.3 is 4.74 Å². The third kappa shape index (κ3) is 2.92. The van der Waals surface area contributed by atoms with Crippen LogP contribution in [0.25, 0.3) is 0 Å². The molecule has 0 bridgehead atoms. The molecule has 82 valence electrons. The van der Waals surface area contributed by atoms with Crippen molar-refractivity contribution in [1.82, 2.24) is 0 Å². The molecular weight excluding hydrogens is 224 g/mol. The lowest BCUT2D eigenvalue weighted by Crippen LogP contribution is -2.13. The standard InChI is InChI=1S/C12H16OS2/c1-9-12(7-10(8-14)13-9)15-11-5-3-2-4-6-11/h2-6,9-10,12,14H,7-8H2,1H3/t9?,10-,12?/m0/s1. The molecule has 1 aliphatic heterocycles. The largest absolute Gasteiger partial charge is 0.373 e. The van der Waals surface area contributed by atoms with E-state index in [-0.39, 0.29) is 0 Å². The van der Waals surface area contributed by atoms with Gasteiger partial charge in [0.15, 0.2) is 0 Å². The average Bonchev–Trinajstić information content (AvgIpc) is 2.61. The summed E-state index contributed by atoms with van der Waals surface area (Å²) in [6.07, 6.45) is 1.79. The van der Waals surface area contributed by atoms with Crippen molar-refractivity contribution in [2.24, 2.45) is 0 Å². The number of thioether (sulfide) groups is 1. The van der Waals surface area contributed by atoms with E-state index in [1.807, 2.05) is 11.8 Å². The molecule has 3 heteroatoms. The molecule has 2 rings (SSSR count). The van der Waals surface area contributed by atoms with Crippen LogP contribution in [-0.4, -0.2) is 23.2 Å². The van der Waals surface area contributed by atoms with E-state index in [1.54, 1.807) is 0 Å². The van der Waals surface area contributed by atoms with Crippen LogP contribution in [0.3, 0.4) is 0 Å². The maximum Gasteiger partial charge on any atom is 0.0678 e. The lowest BCUT2D eigenvalue weighted by atomic mass is 10.2. The van der Waals surface area contributed by atoms with Crippen molar-refractivity contribution in [2.45, 2.75) is 35.7 Å². The van der Waals surface area contributed by atoms with Crippen molar-refractivity contribution in [3.8, 4) is 0 Å². The first-order valence-corrected chi connectivity index (χ1v) is 6.79. The minimum absolute atomic E-state index is 0.338. The van der Waals surface area contributed by atoms with Gasteiger partial charge in [-0.1, -0.05) is 18.2 Å². The Balaban J connectivity index is 1.96. The van der Waals surface area contributed by atoms with Crippen molar-refractivity contribution >= 4 is 24.4 Å². The monoisotopic (exact) mass is 240 g/mol. The Morgan fingerprint density at radius 3 is 2.73 bits per heavy atom. The number of benzene rings is 1. The molecule has 1 nitrogen and oxygen atoms in total. The van der Waals surface area contributed by atoms with E-state index in [2.05, 4.69) is 49.9 Å². The van der Waals surface area contributed by atoms with Gasteiger partial charge in [0.05, 0.1) is 12.2 Å². The zero-order chi connectivity index (χ0) is 10.7. The lowest BCUT2D eigenvalue weighted by molar-refractivity contribution is 0.0713. The molecular formula is C12H16OS2. The maximum absolute atomic E-state index is 5.80. The summed E-state index contributed by atoms with van der Waals surface area (Å²) < 4.78 is 5.80. The van der Waals surface area contributed by atoms with Crippen molar-refractivity contribution in [1.29, 1.82) is 0 Å². The number of rotatable bonds is 3. The van der Waals surface area contributed by atoms with E-state index in [0.717, 1.165) is 12.2 Å². The van der Waals surface area contributed by atoms with Gasteiger partial charge in [-0.2, -0.15) is 12.6 Å². The summed E-state index contributed by atoms with van der Waals surface area (Å²) in [5, 5.41) is 0.574. The molecule has 1 aromatic rings. The number of hydrogen-bond acceptors (Lipinski definition) is 3. The smallest absolute Gasteiger partial charge is 0.0678 e. The van der Waals surface area contributed by atoms with Gasteiger partial charge in [0.25, 0.3) is 0 Å². The van der Waals surface area contributed by atoms with E-state index in [1.165, 1.54) is 4.90 Å². The fourth-order valence-corrected chi connectivity index (χ4v) is 3.30. The fourth-order valence-electron chi connectivity index (χ4n) is 1.83. The van der Waals surface area contributed by atoms with Gasteiger partial charge in [0.2, 0.25) is 0 Å². The highest BCUT2D eigenvalue weighted by molar-refractivity contribution is 8.00. The Kier molecular flexibility index (Phi) is 4.00. The first kappa shape index (κ1) is 11.4. The van der Waals surface area contributed by atoms with Gasteiger partial charge >= 0.3 is 0 Å². The quantitative estimate of drug-likeness (QED) is 0.812. The normalized spacial score (nSPS) is 30.7. The molecule has 1 saturated heterocycles. The van der Waals surface area contributed by atoms with Crippen LogP contribution in [0.1, 0.15) is 13.3 Å². The molecule has 0 N–H and O–H groups in total. The molecule has 1 heterocycles. The summed E-state index contributed by atoms with van der Waals surface area (Å²) in [5.74, 6) is 0.830. The van der Waals surface area contributed by atoms with Crippen molar-refractivity contribution in [3.63, 3.8) is 0 Å². The summed E-state index contributed by atoms with van der Waals surface area (Å²) in [5.41, 5.74) is 0. The van der Waals surface area contributed by atoms with Crippen LogP contribution >= 0.6 is 24.4 Å². The molecule has 1 aromatic carbocycles. The van der Waals surface area contributed by atoms with Crippen LogP contribution in [0.4, 0.5) is 0 Å². The number of ether oxygens (including phenoxy) is 1. The zero-order valence-corrected chi connectivity index (χ0v) is 10.5. The molecule has 0 spiro atoms. The predicted octanol–water partition coefficient (Wildman–Crippen LogP) is 3.25. The Morgan fingerprint density at radius 2 is 2.13 bits per heavy atom. The van der Waals surface area contributed by atoms with Gasteiger partial charge in [0, 0.05) is 15.9 Å². The Bertz CT molecular complexity index is 302. The van der Waals surface area contributed by atoms with Crippen molar-refractivity contribution < 1.29 is 4.74 Å². The average molecular weight is 240 g/mol. The van der Waals surface area contributed by atoms with Crippen LogP contribution in [0.15, 0.2) is 35.2 Å². The summed E-state index contributed by atoms with van der Waals surface area (Å²) in [7, 11) is 0. The Labute approximate surface area is 101 Å². The molecule has 1 fully saturated rings. The summed E-state index contributed by atoms with van der Waals surface area (Å²) in [6, 6.07) is 10.5. The summed E-state index contributed by atoms with van der Waals surface area (Å²) in [6.45, 7) is 2.16. The van der Waals surface area contributed by atoms with Crippen LogP contribution < -0.4 is 0 Å². The highest BCUT2D eigenvalue weighted by Gasteiger charge is 2.31. The van der Waals surface area contributed by atoms with E-state index in [4.69, 9.17) is 4.74 Å². The maximum atomic E-state index is 5.80. The van der Waals surface area contributed by atoms with Gasteiger partial charge in [0.1, 0.15) is 0 Å². The number of thiol groups is 1. The molecule has 0 radical (unpaired) electrons. The molecule has 1 aliphatic rings. The predicted molar refractivity (Wildman–Crippen MR) is 68.9 cm³/mol. The second-order valence-corrected chi connectivity index (χ2v) is 5.53.